The van der Waals surface area contributed by atoms with Crippen molar-refractivity contribution >= 4 is 32.2 Å². The highest BCUT2D eigenvalue weighted by molar-refractivity contribution is 7.26. The molecule has 64 valence electrons. The summed E-state index contributed by atoms with van der Waals surface area (Å²) in [7, 11) is 0. The maximum Gasteiger partial charge on any atom is 0.134 e. The predicted octanol–water partition coefficient (Wildman–Crippen LogP) is 3.66. The summed E-state index contributed by atoms with van der Waals surface area (Å²) in [6, 6.07) is 2.15. The zero-order valence-electron chi connectivity index (χ0n) is 7.42. The van der Waals surface area contributed by atoms with Gasteiger partial charge in [0.15, 0.2) is 0 Å². The molecule has 2 rings (SSSR count). The maximum absolute atomic E-state index is 4.58. The van der Waals surface area contributed by atoms with Gasteiger partial charge in [-0.1, -0.05) is 20.8 Å². The Morgan fingerprint density at radius 1 is 1.33 bits per heavy atom. The summed E-state index contributed by atoms with van der Waals surface area (Å²) >= 11 is 3.53. The molecule has 0 spiro atoms. The zero-order valence-corrected chi connectivity index (χ0v) is 9.05. The Bertz CT molecular complexity index is 363. The van der Waals surface area contributed by atoms with Gasteiger partial charge in [0, 0.05) is 5.41 Å². The summed E-state index contributed by atoms with van der Waals surface area (Å²) in [4.78, 5) is 5.77. The normalized spacial score (nSPS) is 12.6. The van der Waals surface area contributed by atoms with Gasteiger partial charge in [-0.2, -0.15) is 0 Å². The molecule has 0 saturated heterocycles. The molecule has 0 fully saturated rings. The van der Waals surface area contributed by atoms with Crippen molar-refractivity contribution in [1.29, 1.82) is 0 Å². The Hall–Kier alpha value is -0.410. The minimum atomic E-state index is 0.198. The van der Waals surface area contributed by atoms with Gasteiger partial charge in [0.05, 0.1) is 4.70 Å². The van der Waals surface area contributed by atoms with Crippen molar-refractivity contribution in [3.63, 3.8) is 0 Å². The van der Waals surface area contributed by atoms with Gasteiger partial charge < -0.3 is 0 Å². The number of thiophene rings is 1. The number of nitrogens with zero attached hydrogens (tertiary/aromatic N) is 1. The van der Waals surface area contributed by atoms with E-state index >= 15 is 0 Å². The second kappa shape index (κ2) is 2.54. The predicted molar refractivity (Wildman–Crippen MR) is 56.2 cm³/mol. The second-order valence-corrected chi connectivity index (χ2v) is 5.78. The molecule has 0 atom stereocenters. The lowest BCUT2D eigenvalue weighted by Gasteiger charge is -2.13. The molecule has 0 aliphatic carbocycles. The van der Waals surface area contributed by atoms with Crippen LogP contribution in [0.15, 0.2) is 11.4 Å². The minimum Gasteiger partial charge on any atom is -0.230 e. The van der Waals surface area contributed by atoms with Crippen molar-refractivity contribution in [2.45, 2.75) is 26.2 Å². The van der Waals surface area contributed by atoms with Crippen LogP contribution < -0.4 is 0 Å². The Morgan fingerprint density at radius 3 is 2.67 bits per heavy atom. The lowest BCUT2D eigenvalue weighted by atomic mass is 9.98. The smallest absolute Gasteiger partial charge is 0.134 e. The third kappa shape index (κ3) is 1.27. The lowest BCUT2D eigenvalue weighted by molar-refractivity contribution is 0.587. The molecule has 2 aromatic rings. The number of fused-ring (bicyclic) bond motifs is 1. The van der Waals surface area contributed by atoms with Crippen LogP contribution in [0.4, 0.5) is 0 Å². The van der Waals surface area contributed by atoms with E-state index in [9.17, 15) is 0 Å². The number of hydrogen-bond donors (Lipinski definition) is 0. The van der Waals surface area contributed by atoms with E-state index in [0.717, 1.165) is 0 Å². The molecule has 0 aliphatic rings. The van der Waals surface area contributed by atoms with Gasteiger partial charge in [0.1, 0.15) is 9.84 Å². The third-order valence-corrected chi connectivity index (χ3v) is 4.04. The zero-order chi connectivity index (χ0) is 8.77. The van der Waals surface area contributed by atoms with Crippen molar-refractivity contribution in [3.05, 3.63) is 16.5 Å². The van der Waals surface area contributed by atoms with E-state index in [1.165, 1.54) is 14.5 Å². The fourth-order valence-corrected chi connectivity index (χ4v) is 2.98. The fraction of sp³-hybridized carbons (Fsp3) is 0.444. The van der Waals surface area contributed by atoms with Gasteiger partial charge in [-0.3, -0.25) is 0 Å². The first-order valence-electron chi connectivity index (χ1n) is 3.92. The van der Waals surface area contributed by atoms with E-state index in [-0.39, 0.29) is 5.41 Å². The average Bonchev–Trinajstić information content (AvgIpc) is 2.37. The first-order chi connectivity index (χ1) is 5.57. The van der Waals surface area contributed by atoms with Crippen LogP contribution in [0.25, 0.3) is 9.53 Å². The molecule has 0 N–H and O–H groups in total. The van der Waals surface area contributed by atoms with Crippen LogP contribution in [0.1, 0.15) is 25.8 Å². The molecular weight excluding hydrogens is 186 g/mol. The summed E-state index contributed by atoms with van der Waals surface area (Å²) in [6.45, 7) is 6.61. The second-order valence-electron chi connectivity index (χ2n) is 3.86. The summed E-state index contributed by atoms with van der Waals surface area (Å²) in [5, 5.41) is 3.34. The fourth-order valence-electron chi connectivity index (χ4n) is 0.989. The highest BCUT2D eigenvalue weighted by atomic mass is 32.1. The SMILES string of the molecule is CC(C)(C)c1nc2sccc2s1. The Kier molecular flexibility index (Phi) is 1.73. The number of thiazole rings is 1. The average molecular weight is 197 g/mol. The molecular formula is C9H11NS2. The Labute approximate surface area is 80.1 Å². The Morgan fingerprint density at radius 2 is 2.08 bits per heavy atom. The molecule has 1 nitrogen and oxygen atoms in total. The number of rotatable bonds is 0. The summed E-state index contributed by atoms with van der Waals surface area (Å²) < 4.78 is 1.32. The van der Waals surface area contributed by atoms with Crippen molar-refractivity contribution < 1.29 is 0 Å². The van der Waals surface area contributed by atoms with E-state index in [1.807, 2.05) is 11.3 Å². The summed E-state index contributed by atoms with van der Waals surface area (Å²) in [5.41, 5.74) is 0.198. The molecule has 0 radical (unpaired) electrons. The van der Waals surface area contributed by atoms with Crippen LogP contribution in [0.5, 0.6) is 0 Å². The monoisotopic (exact) mass is 197 g/mol. The van der Waals surface area contributed by atoms with Gasteiger partial charge in [-0.25, -0.2) is 4.98 Å². The highest BCUT2D eigenvalue weighted by Crippen LogP contribution is 2.33. The molecule has 2 heterocycles. The summed E-state index contributed by atoms with van der Waals surface area (Å²) in [5.74, 6) is 0. The van der Waals surface area contributed by atoms with Gasteiger partial charge in [-0.05, 0) is 11.4 Å². The molecule has 0 aromatic carbocycles. The van der Waals surface area contributed by atoms with E-state index < -0.39 is 0 Å². The van der Waals surface area contributed by atoms with Crippen molar-refractivity contribution in [2.75, 3.05) is 0 Å². The quantitative estimate of drug-likeness (QED) is 0.628. The molecule has 0 unspecified atom stereocenters. The van der Waals surface area contributed by atoms with E-state index in [1.54, 1.807) is 11.3 Å². The van der Waals surface area contributed by atoms with E-state index in [0.29, 0.717) is 0 Å². The molecule has 2 aromatic heterocycles. The van der Waals surface area contributed by atoms with Gasteiger partial charge in [0.2, 0.25) is 0 Å². The molecule has 0 amide bonds. The molecule has 3 heteroatoms. The Balaban J connectivity index is 2.59. The number of aromatic nitrogens is 1. The van der Waals surface area contributed by atoms with E-state index in [2.05, 4.69) is 37.2 Å². The van der Waals surface area contributed by atoms with Crippen molar-refractivity contribution in [3.8, 4) is 0 Å². The van der Waals surface area contributed by atoms with Crippen LogP contribution in [0.3, 0.4) is 0 Å². The van der Waals surface area contributed by atoms with Crippen LogP contribution in [-0.2, 0) is 5.41 Å². The van der Waals surface area contributed by atoms with E-state index in [4.69, 9.17) is 0 Å². The van der Waals surface area contributed by atoms with Crippen molar-refractivity contribution in [1.82, 2.24) is 4.98 Å². The first kappa shape index (κ1) is 8.20. The third-order valence-electron chi connectivity index (χ3n) is 1.66. The topological polar surface area (TPSA) is 12.9 Å². The molecule has 0 saturated carbocycles. The standard InChI is InChI=1S/C9H11NS2/c1-9(2,3)8-10-7-6(12-8)4-5-11-7/h4-5H,1-3H3. The van der Waals surface area contributed by atoms with Crippen LogP contribution in [-0.4, -0.2) is 4.98 Å². The highest BCUT2D eigenvalue weighted by Gasteiger charge is 2.18. The minimum absolute atomic E-state index is 0.198. The summed E-state index contributed by atoms with van der Waals surface area (Å²) in [6.07, 6.45) is 0. The molecule has 0 bridgehead atoms. The van der Waals surface area contributed by atoms with Crippen LogP contribution in [0, 0.1) is 0 Å². The maximum atomic E-state index is 4.58. The number of hydrogen-bond acceptors (Lipinski definition) is 3. The van der Waals surface area contributed by atoms with Crippen LogP contribution >= 0.6 is 22.7 Å². The van der Waals surface area contributed by atoms with Gasteiger partial charge >= 0.3 is 0 Å². The largest absolute Gasteiger partial charge is 0.230 e. The van der Waals surface area contributed by atoms with Crippen molar-refractivity contribution in [2.24, 2.45) is 0 Å². The molecule has 12 heavy (non-hydrogen) atoms. The molecule has 0 aliphatic heterocycles. The lowest BCUT2D eigenvalue weighted by Crippen LogP contribution is -2.09. The van der Waals surface area contributed by atoms with Gasteiger partial charge in [0.25, 0.3) is 0 Å². The van der Waals surface area contributed by atoms with Crippen LogP contribution in [0.2, 0.25) is 0 Å². The van der Waals surface area contributed by atoms with Gasteiger partial charge in [-0.15, -0.1) is 22.7 Å². The first-order valence-corrected chi connectivity index (χ1v) is 5.61.